The SMILES string of the molecule is O=C(c1cccc(-c2ccc(Cl)cc2F)c1)N1CC[C@@](O)(CO)C1. The van der Waals surface area contributed by atoms with Gasteiger partial charge in [-0.05, 0) is 42.3 Å². The van der Waals surface area contributed by atoms with Gasteiger partial charge in [0.2, 0.25) is 0 Å². The molecule has 24 heavy (non-hydrogen) atoms. The predicted molar refractivity (Wildman–Crippen MR) is 89.4 cm³/mol. The van der Waals surface area contributed by atoms with E-state index in [1.807, 2.05) is 0 Å². The summed E-state index contributed by atoms with van der Waals surface area (Å²) in [5.74, 6) is -0.710. The third kappa shape index (κ3) is 3.29. The summed E-state index contributed by atoms with van der Waals surface area (Å²) in [6.07, 6.45) is 0.334. The van der Waals surface area contributed by atoms with Crippen LogP contribution in [0.2, 0.25) is 5.02 Å². The van der Waals surface area contributed by atoms with Crippen LogP contribution in [0.3, 0.4) is 0 Å². The Balaban J connectivity index is 1.87. The van der Waals surface area contributed by atoms with E-state index >= 15 is 0 Å². The van der Waals surface area contributed by atoms with Gasteiger partial charge in [-0.2, -0.15) is 0 Å². The van der Waals surface area contributed by atoms with Crippen molar-refractivity contribution in [3.63, 3.8) is 0 Å². The fourth-order valence-electron chi connectivity index (χ4n) is 2.88. The van der Waals surface area contributed by atoms with Gasteiger partial charge in [0.15, 0.2) is 0 Å². The summed E-state index contributed by atoms with van der Waals surface area (Å²) in [7, 11) is 0. The first-order valence-corrected chi connectivity index (χ1v) is 7.98. The molecule has 0 aromatic heterocycles. The second-order valence-corrected chi connectivity index (χ2v) is 6.50. The fourth-order valence-corrected chi connectivity index (χ4v) is 3.04. The van der Waals surface area contributed by atoms with Gasteiger partial charge >= 0.3 is 0 Å². The summed E-state index contributed by atoms with van der Waals surface area (Å²) >= 11 is 5.77. The van der Waals surface area contributed by atoms with E-state index in [-0.39, 0.29) is 19.1 Å². The molecule has 2 aromatic rings. The normalized spacial score (nSPS) is 20.4. The van der Waals surface area contributed by atoms with Crippen LogP contribution < -0.4 is 0 Å². The molecule has 2 N–H and O–H groups in total. The van der Waals surface area contributed by atoms with Crippen molar-refractivity contribution < 1.29 is 19.4 Å². The molecule has 1 atom stereocenters. The number of nitrogens with zero attached hydrogens (tertiary/aromatic N) is 1. The van der Waals surface area contributed by atoms with Gasteiger partial charge in [-0.25, -0.2) is 4.39 Å². The Morgan fingerprint density at radius 3 is 2.75 bits per heavy atom. The Morgan fingerprint density at radius 2 is 2.08 bits per heavy atom. The average molecular weight is 350 g/mol. The minimum Gasteiger partial charge on any atom is -0.393 e. The summed E-state index contributed by atoms with van der Waals surface area (Å²) in [4.78, 5) is 14.1. The van der Waals surface area contributed by atoms with Gasteiger partial charge in [-0.1, -0.05) is 23.7 Å². The standard InChI is InChI=1S/C18H17ClFNO3/c19-14-4-5-15(16(20)9-14)12-2-1-3-13(8-12)17(23)21-7-6-18(24,10-21)11-22/h1-5,8-9,22,24H,6-7,10-11H2/t18-/m0/s1. The molecule has 0 aliphatic carbocycles. The zero-order chi connectivity index (χ0) is 17.3. The van der Waals surface area contributed by atoms with Crippen LogP contribution in [0, 0.1) is 5.82 Å². The molecule has 1 heterocycles. The van der Waals surface area contributed by atoms with Crippen molar-refractivity contribution in [1.82, 2.24) is 4.90 Å². The lowest BCUT2D eigenvalue weighted by Crippen LogP contribution is -2.38. The second-order valence-electron chi connectivity index (χ2n) is 6.06. The molecule has 3 rings (SSSR count). The van der Waals surface area contributed by atoms with Crippen LogP contribution in [0.15, 0.2) is 42.5 Å². The molecule has 6 heteroatoms. The Labute approximate surface area is 144 Å². The molecule has 0 radical (unpaired) electrons. The quantitative estimate of drug-likeness (QED) is 0.895. The molecule has 126 valence electrons. The van der Waals surface area contributed by atoms with Gasteiger partial charge in [-0.3, -0.25) is 4.79 Å². The van der Waals surface area contributed by atoms with E-state index in [4.69, 9.17) is 11.6 Å². The minimum atomic E-state index is -1.24. The number of aliphatic hydroxyl groups excluding tert-OH is 1. The number of amides is 1. The van der Waals surface area contributed by atoms with E-state index in [9.17, 15) is 19.4 Å². The first-order valence-electron chi connectivity index (χ1n) is 7.60. The largest absolute Gasteiger partial charge is 0.393 e. The second kappa shape index (κ2) is 6.51. The van der Waals surface area contributed by atoms with Crippen LogP contribution in [0.4, 0.5) is 4.39 Å². The van der Waals surface area contributed by atoms with E-state index in [0.717, 1.165) is 0 Å². The molecule has 4 nitrogen and oxygen atoms in total. The van der Waals surface area contributed by atoms with Crippen molar-refractivity contribution in [3.05, 3.63) is 58.9 Å². The van der Waals surface area contributed by atoms with Crippen LogP contribution >= 0.6 is 11.6 Å². The molecule has 0 bridgehead atoms. The zero-order valence-corrected chi connectivity index (χ0v) is 13.6. The van der Waals surface area contributed by atoms with Crippen molar-refractivity contribution >= 4 is 17.5 Å². The molecule has 0 saturated carbocycles. The number of hydrogen-bond donors (Lipinski definition) is 2. The number of rotatable bonds is 3. The molecule has 0 unspecified atom stereocenters. The topological polar surface area (TPSA) is 60.8 Å². The lowest BCUT2D eigenvalue weighted by Gasteiger charge is -2.21. The fraction of sp³-hybridized carbons (Fsp3) is 0.278. The Morgan fingerprint density at radius 1 is 1.29 bits per heavy atom. The Bertz CT molecular complexity index is 783. The van der Waals surface area contributed by atoms with Crippen LogP contribution in [0.25, 0.3) is 11.1 Å². The highest BCUT2D eigenvalue weighted by molar-refractivity contribution is 6.30. The van der Waals surface area contributed by atoms with Crippen molar-refractivity contribution in [2.75, 3.05) is 19.7 Å². The first kappa shape index (κ1) is 16.9. The van der Waals surface area contributed by atoms with E-state index in [1.165, 1.54) is 11.0 Å². The maximum absolute atomic E-state index is 14.1. The lowest BCUT2D eigenvalue weighted by molar-refractivity contribution is -0.00455. The summed E-state index contributed by atoms with van der Waals surface area (Å²) in [5.41, 5.74) is 0.105. The van der Waals surface area contributed by atoms with Gasteiger partial charge in [0.1, 0.15) is 11.4 Å². The number of halogens is 2. The molecule has 1 fully saturated rings. The number of carbonyl (C=O) groups excluding carboxylic acids is 1. The molecule has 1 amide bonds. The van der Waals surface area contributed by atoms with E-state index < -0.39 is 11.4 Å². The summed E-state index contributed by atoms with van der Waals surface area (Å²) < 4.78 is 14.1. The highest BCUT2D eigenvalue weighted by atomic mass is 35.5. The maximum atomic E-state index is 14.1. The molecule has 2 aromatic carbocycles. The Kier molecular flexibility index (Phi) is 4.58. The lowest BCUT2D eigenvalue weighted by atomic mass is 10.0. The number of likely N-dealkylation sites (tertiary alicyclic amines) is 1. The summed E-state index contributed by atoms with van der Waals surface area (Å²) in [6, 6.07) is 11.1. The molecule has 1 aliphatic heterocycles. The van der Waals surface area contributed by atoms with E-state index in [1.54, 1.807) is 36.4 Å². The van der Waals surface area contributed by atoms with Crippen LogP contribution in [-0.4, -0.2) is 46.3 Å². The van der Waals surface area contributed by atoms with Crippen molar-refractivity contribution in [2.24, 2.45) is 0 Å². The van der Waals surface area contributed by atoms with Crippen LogP contribution in [0.1, 0.15) is 16.8 Å². The highest BCUT2D eigenvalue weighted by Crippen LogP contribution is 2.27. The number of aliphatic hydroxyl groups is 2. The third-order valence-corrected chi connectivity index (χ3v) is 4.50. The molecular weight excluding hydrogens is 333 g/mol. The predicted octanol–water partition coefficient (Wildman–Crippen LogP) is 2.72. The average Bonchev–Trinajstić information content (AvgIpc) is 2.97. The zero-order valence-electron chi connectivity index (χ0n) is 12.9. The monoisotopic (exact) mass is 349 g/mol. The van der Waals surface area contributed by atoms with E-state index in [2.05, 4.69) is 0 Å². The molecule has 0 spiro atoms. The van der Waals surface area contributed by atoms with Gasteiger partial charge in [-0.15, -0.1) is 0 Å². The van der Waals surface area contributed by atoms with Gasteiger partial charge in [0, 0.05) is 22.7 Å². The van der Waals surface area contributed by atoms with Crippen molar-refractivity contribution in [3.8, 4) is 11.1 Å². The van der Waals surface area contributed by atoms with Gasteiger partial charge in [0.25, 0.3) is 5.91 Å². The minimum absolute atomic E-state index is 0.0852. The Hall–Kier alpha value is -1.95. The third-order valence-electron chi connectivity index (χ3n) is 4.27. The van der Waals surface area contributed by atoms with Crippen LogP contribution in [0.5, 0.6) is 0 Å². The number of β-amino-alcohol motifs (C(OH)–C–C–N with tert-alkyl or cyclic N) is 1. The summed E-state index contributed by atoms with van der Waals surface area (Å²) in [6.45, 7) is 0.0735. The number of benzene rings is 2. The molecular formula is C18H17ClFNO3. The van der Waals surface area contributed by atoms with Gasteiger partial charge in [0.05, 0.1) is 13.2 Å². The van der Waals surface area contributed by atoms with Gasteiger partial charge < -0.3 is 15.1 Å². The van der Waals surface area contributed by atoms with Crippen molar-refractivity contribution in [2.45, 2.75) is 12.0 Å². The highest BCUT2D eigenvalue weighted by Gasteiger charge is 2.37. The smallest absolute Gasteiger partial charge is 0.253 e. The first-order chi connectivity index (χ1) is 11.4. The van der Waals surface area contributed by atoms with Crippen LogP contribution in [-0.2, 0) is 0 Å². The number of carbonyl (C=O) groups is 1. The van der Waals surface area contributed by atoms with E-state index in [0.29, 0.717) is 34.7 Å². The number of hydrogen-bond acceptors (Lipinski definition) is 3. The van der Waals surface area contributed by atoms with Crippen molar-refractivity contribution in [1.29, 1.82) is 0 Å². The molecule has 1 aliphatic rings. The summed E-state index contributed by atoms with van der Waals surface area (Å²) in [5, 5.41) is 19.6. The molecule has 1 saturated heterocycles. The maximum Gasteiger partial charge on any atom is 0.253 e.